The number of rotatable bonds is 4. The molecule has 4 heteroatoms. The lowest BCUT2D eigenvalue weighted by molar-refractivity contribution is 0.0928. The second-order valence-electron chi connectivity index (χ2n) is 4.82. The smallest absolute Gasteiger partial charge is 0.251 e. The van der Waals surface area contributed by atoms with Gasteiger partial charge in [0.2, 0.25) is 0 Å². The first-order valence-electron chi connectivity index (χ1n) is 6.35. The number of carbonyl (C=O) groups excluding carboxylic acids is 1. The minimum absolute atomic E-state index is 0.0284. The lowest BCUT2D eigenvalue weighted by Gasteiger charge is -2.19. The van der Waals surface area contributed by atoms with Crippen molar-refractivity contribution in [1.29, 1.82) is 0 Å². The molecule has 2 rings (SSSR count). The van der Waals surface area contributed by atoms with Crippen LogP contribution in [0, 0.1) is 5.92 Å². The van der Waals surface area contributed by atoms with Gasteiger partial charge in [-0.15, -0.1) is 0 Å². The molecule has 0 aliphatic rings. The molecule has 4 nitrogen and oxygen atoms in total. The fourth-order valence-electron chi connectivity index (χ4n) is 1.86. The van der Waals surface area contributed by atoms with E-state index in [0.29, 0.717) is 11.5 Å². The van der Waals surface area contributed by atoms with Crippen molar-refractivity contribution < 1.29 is 4.79 Å². The van der Waals surface area contributed by atoms with Gasteiger partial charge in [-0.1, -0.05) is 26.3 Å². The minimum Gasteiger partial charge on any atom is -0.349 e. The summed E-state index contributed by atoms with van der Waals surface area (Å²) < 4.78 is 0. The number of nitrogens with zero attached hydrogens (tertiary/aromatic N) is 1. The third-order valence-electron chi connectivity index (χ3n) is 3.56. The normalized spacial score (nSPS) is 14.4. The number of H-pyrrole nitrogens is 1. The van der Waals surface area contributed by atoms with Crippen LogP contribution in [0.3, 0.4) is 0 Å². The highest BCUT2D eigenvalue weighted by atomic mass is 16.1. The molecule has 0 radical (unpaired) electrons. The Morgan fingerprint density at radius 3 is 2.94 bits per heavy atom. The Hall–Kier alpha value is -1.84. The van der Waals surface area contributed by atoms with Gasteiger partial charge >= 0.3 is 0 Å². The molecule has 2 N–H and O–H groups in total. The zero-order valence-corrected chi connectivity index (χ0v) is 11.0. The molecule has 2 aromatic rings. The number of hydrogen-bond acceptors (Lipinski definition) is 2. The first-order valence-corrected chi connectivity index (χ1v) is 6.35. The van der Waals surface area contributed by atoms with Crippen LogP contribution in [0.15, 0.2) is 24.4 Å². The molecular formula is C14H19N3O. The second kappa shape index (κ2) is 5.21. The molecule has 0 saturated carbocycles. The van der Waals surface area contributed by atoms with Gasteiger partial charge in [0.1, 0.15) is 0 Å². The Balaban J connectivity index is 2.13. The minimum atomic E-state index is -0.0284. The summed E-state index contributed by atoms with van der Waals surface area (Å²) >= 11 is 0. The predicted octanol–water partition coefficient (Wildman–Crippen LogP) is 2.73. The topological polar surface area (TPSA) is 57.8 Å². The van der Waals surface area contributed by atoms with Crippen molar-refractivity contribution in [2.75, 3.05) is 0 Å². The number of aromatic nitrogens is 2. The van der Waals surface area contributed by atoms with Crippen molar-refractivity contribution in [3.8, 4) is 0 Å². The fourth-order valence-corrected chi connectivity index (χ4v) is 1.86. The monoisotopic (exact) mass is 245 g/mol. The first kappa shape index (κ1) is 12.6. The standard InChI is InChI=1S/C14H19N3O/c1-4-9(2)10(3)16-14(18)11-5-6-12-8-15-17-13(12)7-11/h5-10H,4H2,1-3H3,(H,15,17)(H,16,18). The summed E-state index contributed by atoms with van der Waals surface area (Å²) in [5, 5.41) is 10.9. The van der Waals surface area contributed by atoms with Crippen LogP contribution in [0.4, 0.5) is 0 Å². The van der Waals surface area contributed by atoms with Gasteiger partial charge in [-0.2, -0.15) is 5.10 Å². The summed E-state index contributed by atoms with van der Waals surface area (Å²) in [5.41, 5.74) is 1.56. The number of fused-ring (bicyclic) bond motifs is 1. The Kier molecular flexibility index (Phi) is 3.65. The Morgan fingerprint density at radius 2 is 2.22 bits per heavy atom. The van der Waals surface area contributed by atoms with Gasteiger partial charge in [0.15, 0.2) is 0 Å². The summed E-state index contributed by atoms with van der Waals surface area (Å²) in [4.78, 5) is 12.1. The van der Waals surface area contributed by atoms with E-state index in [1.807, 2.05) is 25.1 Å². The van der Waals surface area contributed by atoms with Gasteiger partial charge in [-0.05, 0) is 25.0 Å². The lowest BCUT2D eigenvalue weighted by Crippen LogP contribution is -2.36. The van der Waals surface area contributed by atoms with Crippen molar-refractivity contribution in [2.24, 2.45) is 5.92 Å². The van der Waals surface area contributed by atoms with Crippen LogP contribution in [0.5, 0.6) is 0 Å². The fraction of sp³-hybridized carbons (Fsp3) is 0.429. The van der Waals surface area contributed by atoms with E-state index in [2.05, 4.69) is 29.4 Å². The van der Waals surface area contributed by atoms with Crippen LogP contribution in [-0.2, 0) is 0 Å². The largest absolute Gasteiger partial charge is 0.349 e. The quantitative estimate of drug-likeness (QED) is 0.870. The van der Waals surface area contributed by atoms with E-state index in [1.165, 1.54) is 0 Å². The maximum Gasteiger partial charge on any atom is 0.251 e. The van der Waals surface area contributed by atoms with Gasteiger partial charge in [-0.25, -0.2) is 0 Å². The van der Waals surface area contributed by atoms with Gasteiger partial charge in [-0.3, -0.25) is 9.89 Å². The van der Waals surface area contributed by atoms with Crippen molar-refractivity contribution >= 4 is 16.8 Å². The van der Waals surface area contributed by atoms with Gasteiger partial charge in [0, 0.05) is 17.0 Å². The van der Waals surface area contributed by atoms with Crippen molar-refractivity contribution in [3.63, 3.8) is 0 Å². The molecular weight excluding hydrogens is 226 g/mol. The molecule has 96 valence electrons. The molecule has 1 aromatic carbocycles. The number of carbonyl (C=O) groups is 1. The molecule has 0 aliphatic carbocycles. The molecule has 0 spiro atoms. The zero-order valence-electron chi connectivity index (χ0n) is 11.0. The van der Waals surface area contributed by atoms with E-state index in [1.54, 1.807) is 6.20 Å². The Bertz CT molecular complexity index is 547. The molecule has 0 bridgehead atoms. The van der Waals surface area contributed by atoms with Crippen LogP contribution in [-0.4, -0.2) is 22.1 Å². The second-order valence-corrected chi connectivity index (χ2v) is 4.82. The molecule has 0 aliphatic heterocycles. The summed E-state index contributed by atoms with van der Waals surface area (Å²) in [6.07, 6.45) is 2.81. The maximum atomic E-state index is 12.1. The predicted molar refractivity (Wildman–Crippen MR) is 72.5 cm³/mol. The number of aromatic amines is 1. The molecule has 0 saturated heterocycles. The van der Waals surface area contributed by atoms with Crippen molar-refractivity contribution in [3.05, 3.63) is 30.0 Å². The first-order chi connectivity index (χ1) is 8.61. The third-order valence-corrected chi connectivity index (χ3v) is 3.56. The molecule has 2 unspecified atom stereocenters. The van der Waals surface area contributed by atoms with E-state index in [4.69, 9.17) is 0 Å². The average Bonchev–Trinajstić information content (AvgIpc) is 2.84. The summed E-state index contributed by atoms with van der Waals surface area (Å²) in [5.74, 6) is 0.448. The molecule has 2 atom stereocenters. The van der Waals surface area contributed by atoms with Crippen LogP contribution >= 0.6 is 0 Å². The number of nitrogens with one attached hydrogen (secondary N) is 2. The molecule has 1 heterocycles. The van der Waals surface area contributed by atoms with E-state index >= 15 is 0 Å². The van der Waals surface area contributed by atoms with Gasteiger partial charge in [0.05, 0.1) is 11.7 Å². The summed E-state index contributed by atoms with van der Waals surface area (Å²) in [7, 11) is 0. The third kappa shape index (κ3) is 2.53. The molecule has 0 fully saturated rings. The van der Waals surface area contributed by atoms with E-state index in [-0.39, 0.29) is 11.9 Å². The molecule has 1 aromatic heterocycles. The van der Waals surface area contributed by atoms with Gasteiger partial charge in [0.25, 0.3) is 5.91 Å². The molecule has 1 amide bonds. The number of amides is 1. The summed E-state index contributed by atoms with van der Waals surface area (Å²) in [6, 6.07) is 5.75. The van der Waals surface area contributed by atoms with Gasteiger partial charge < -0.3 is 5.32 Å². The van der Waals surface area contributed by atoms with E-state index in [9.17, 15) is 4.79 Å². The van der Waals surface area contributed by atoms with Crippen molar-refractivity contribution in [2.45, 2.75) is 33.2 Å². The lowest BCUT2D eigenvalue weighted by atomic mass is 10.0. The Labute approximate surface area is 107 Å². The van der Waals surface area contributed by atoms with Crippen LogP contribution in [0.2, 0.25) is 0 Å². The maximum absolute atomic E-state index is 12.1. The highest BCUT2D eigenvalue weighted by Crippen LogP contribution is 2.13. The Morgan fingerprint density at radius 1 is 1.44 bits per heavy atom. The summed E-state index contributed by atoms with van der Waals surface area (Å²) in [6.45, 7) is 6.31. The van der Waals surface area contributed by atoms with Crippen LogP contribution in [0.1, 0.15) is 37.6 Å². The van der Waals surface area contributed by atoms with Crippen molar-refractivity contribution in [1.82, 2.24) is 15.5 Å². The number of hydrogen-bond donors (Lipinski definition) is 2. The van der Waals surface area contributed by atoms with E-state index in [0.717, 1.165) is 17.3 Å². The zero-order chi connectivity index (χ0) is 13.1. The highest BCUT2D eigenvalue weighted by molar-refractivity contribution is 5.97. The SMILES string of the molecule is CCC(C)C(C)NC(=O)c1ccc2cn[nH]c2c1. The van der Waals surface area contributed by atoms with Crippen LogP contribution in [0.25, 0.3) is 10.9 Å². The average molecular weight is 245 g/mol. The van der Waals surface area contributed by atoms with E-state index < -0.39 is 0 Å². The highest BCUT2D eigenvalue weighted by Gasteiger charge is 2.14. The molecule has 18 heavy (non-hydrogen) atoms. The van der Waals surface area contributed by atoms with Crippen LogP contribution < -0.4 is 5.32 Å². The number of benzene rings is 1.